The number of carbonyl (C=O) groups excluding carboxylic acids is 1. The van der Waals surface area contributed by atoms with Crippen molar-refractivity contribution in [2.24, 2.45) is 0 Å². The normalized spacial score (nSPS) is 12.3. The summed E-state index contributed by atoms with van der Waals surface area (Å²) in [4.78, 5) is 24.7. The Morgan fingerprint density at radius 3 is 2.17 bits per heavy atom. The summed E-state index contributed by atoms with van der Waals surface area (Å²) in [5.74, 6) is -1.48. The van der Waals surface area contributed by atoms with Crippen molar-refractivity contribution in [1.29, 1.82) is 0 Å². The standard InChI is InChI=1S/C17H33NO5/c1-4-7-8-9-10-11-22-12-13-23-16(19)14-15(17(20)21)18(5-2)6-3/h15H,4-14H2,1-3H3,(H,20,21). The Kier molecular flexibility index (Phi) is 13.7. The molecule has 0 aliphatic heterocycles. The van der Waals surface area contributed by atoms with Crippen LogP contribution in [0, 0.1) is 0 Å². The van der Waals surface area contributed by atoms with Crippen molar-refractivity contribution < 1.29 is 24.2 Å². The summed E-state index contributed by atoms with van der Waals surface area (Å²) in [5, 5.41) is 9.21. The van der Waals surface area contributed by atoms with Gasteiger partial charge in [-0.2, -0.15) is 0 Å². The second-order valence-corrected chi connectivity index (χ2v) is 5.53. The average Bonchev–Trinajstić information content (AvgIpc) is 2.53. The summed E-state index contributed by atoms with van der Waals surface area (Å²) in [6, 6.07) is -0.822. The van der Waals surface area contributed by atoms with Crippen molar-refractivity contribution in [3.8, 4) is 0 Å². The lowest BCUT2D eigenvalue weighted by Gasteiger charge is -2.25. The van der Waals surface area contributed by atoms with E-state index in [2.05, 4.69) is 6.92 Å². The molecule has 0 rings (SSSR count). The molecule has 0 aromatic rings. The van der Waals surface area contributed by atoms with Crippen LogP contribution in [0.1, 0.15) is 59.3 Å². The van der Waals surface area contributed by atoms with Gasteiger partial charge in [0.05, 0.1) is 13.0 Å². The molecule has 0 saturated carbocycles. The fourth-order valence-corrected chi connectivity index (χ4v) is 2.38. The first-order chi connectivity index (χ1) is 11.1. The van der Waals surface area contributed by atoms with Gasteiger partial charge in [-0.25, -0.2) is 0 Å². The van der Waals surface area contributed by atoms with Crippen LogP contribution in [0.4, 0.5) is 0 Å². The lowest BCUT2D eigenvalue weighted by Crippen LogP contribution is -2.42. The second kappa shape index (κ2) is 14.5. The number of hydrogen-bond acceptors (Lipinski definition) is 5. The number of hydrogen-bond donors (Lipinski definition) is 1. The zero-order valence-corrected chi connectivity index (χ0v) is 14.9. The molecule has 0 heterocycles. The first kappa shape index (κ1) is 21.9. The van der Waals surface area contributed by atoms with Crippen molar-refractivity contribution in [3.05, 3.63) is 0 Å². The molecule has 0 aliphatic carbocycles. The smallest absolute Gasteiger partial charge is 0.321 e. The second-order valence-electron chi connectivity index (χ2n) is 5.53. The highest BCUT2D eigenvalue weighted by Crippen LogP contribution is 2.06. The number of carboxylic acid groups (broad SMARTS) is 1. The highest BCUT2D eigenvalue weighted by molar-refractivity contribution is 5.81. The summed E-state index contributed by atoms with van der Waals surface area (Å²) in [6.45, 7) is 8.32. The zero-order valence-electron chi connectivity index (χ0n) is 14.9. The van der Waals surface area contributed by atoms with E-state index in [0.29, 0.717) is 26.3 Å². The predicted octanol–water partition coefficient (Wildman–Crippen LogP) is 2.70. The SMILES string of the molecule is CCCCCCCOCCOC(=O)CC(C(=O)O)N(CC)CC. The number of nitrogens with zero attached hydrogens (tertiary/aromatic N) is 1. The van der Waals surface area contributed by atoms with Crippen LogP contribution in [0.5, 0.6) is 0 Å². The lowest BCUT2D eigenvalue weighted by molar-refractivity contribution is -0.153. The van der Waals surface area contributed by atoms with Crippen LogP contribution < -0.4 is 0 Å². The number of ether oxygens (including phenoxy) is 2. The van der Waals surface area contributed by atoms with E-state index in [-0.39, 0.29) is 13.0 Å². The quantitative estimate of drug-likeness (QED) is 0.367. The molecule has 1 unspecified atom stereocenters. The van der Waals surface area contributed by atoms with Gasteiger partial charge >= 0.3 is 11.9 Å². The summed E-state index contributed by atoms with van der Waals surface area (Å²) >= 11 is 0. The summed E-state index contributed by atoms with van der Waals surface area (Å²) in [6.07, 6.45) is 5.77. The minimum atomic E-state index is -0.992. The van der Waals surface area contributed by atoms with Crippen LogP contribution >= 0.6 is 0 Å². The highest BCUT2D eigenvalue weighted by Gasteiger charge is 2.26. The molecule has 0 bridgehead atoms. The van der Waals surface area contributed by atoms with E-state index < -0.39 is 18.0 Å². The van der Waals surface area contributed by atoms with Gasteiger partial charge in [-0.05, 0) is 19.5 Å². The molecule has 0 fully saturated rings. The Hall–Kier alpha value is -1.14. The van der Waals surface area contributed by atoms with Crippen LogP contribution in [0.15, 0.2) is 0 Å². The Morgan fingerprint density at radius 1 is 0.957 bits per heavy atom. The third-order valence-electron chi connectivity index (χ3n) is 3.78. The van der Waals surface area contributed by atoms with Crippen molar-refractivity contribution in [2.45, 2.75) is 65.3 Å². The molecule has 0 amide bonds. The van der Waals surface area contributed by atoms with Crippen molar-refractivity contribution in [3.63, 3.8) is 0 Å². The van der Waals surface area contributed by atoms with Crippen molar-refractivity contribution in [2.75, 3.05) is 32.9 Å². The van der Waals surface area contributed by atoms with Gasteiger partial charge in [-0.3, -0.25) is 14.5 Å². The summed E-state index contributed by atoms with van der Waals surface area (Å²) in [5.41, 5.74) is 0. The van der Waals surface area contributed by atoms with Gasteiger partial charge in [0.2, 0.25) is 0 Å². The van der Waals surface area contributed by atoms with Crippen LogP contribution in [-0.2, 0) is 19.1 Å². The number of aliphatic carboxylic acids is 1. The van der Waals surface area contributed by atoms with E-state index in [4.69, 9.17) is 9.47 Å². The molecule has 0 radical (unpaired) electrons. The molecule has 6 heteroatoms. The molecular formula is C17H33NO5. The lowest BCUT2D eigenvalue weighted by atomic mass is 10.1. The van der Waals surface area contributed by atoms with Gasteiger partial charge in [0, 0.05) is 6.61 Å². The minimum absolute atomic E-state index is 0.131. The maximum Gasteiger partial charge on any atom is 0.321 e. The molecule has 23 heavy (non-hydrogen) atoms. The van der Waals surface area contributed by atoms with E-state index in [1.807, 2.05) is 13.8 Å². The molecule has 0 aromatic heterocycles. The van der Waals surface area contributed by atoms with Gasteiger partial charge in [-0.1, -0.05) is 46.5 Å². The molecule has 1 atom stereocenters. The third-order valence-corrected chi connectivity index (χ3v) is 3.78. The molecule has 0 saturated heterocycles. The van der Waals surface area contributed by atoms with Gasteiger partial charge in [0.25, 0.3) is 0 Å². The number of carbonyl (C=O) groups is 2. The van der Waals surface area contributed by atoms with Crippen LogP contribution in [0.2, 0.25) is 0 Å². The first-order valence-corrected chi connectivity index (χ1v) is 8.76. The number of rotatable bonds is 15. The van der Waals surface area contributed by atoms with Gasteiger partial charge < -0.3 is 14.6 Å². The van der Waals surface area contributed by atoms with Gasteiger partial charge in [-0.15, -0.1) is 0 Å². The van der Waals surface area contributed by atoms with E-state index in [1.54, 1.807) is 4.90 Å². The molecule has 0 aromatic carbocycles. The average molecular weight is 331 g/mol. The molecule has 6 nitrogen and oxygen atoms in total. The fourth-order valence-electron chi connectivity index (χ4n) is 2.38. The highest BCUT2D eigenvalue weighted by atomic mass is 16.6. The Labute approximate surface area is 140 Å². The van der Waals surface area contributed by atoms with E-state index in [1.165, 1.54) is 19.3 Å². The van der Waals surface area contributed by atoms with Crippen molar-refractivity contribution in [1.82, 2.24) is 4.90 Å². The summed E-state index contributed by atoms with van der Waals surface area (Å²) < 4.78 is 10.5. The van der Waals surface area contributed by atoms with E-state index in [0.717, 1.165) is 12.8 Å². The number of likely N-dealkylation sites (N-methyl/N-ethyl adjacent to an activating group) is 1. The van der Waals surface area contributed by atoms with Gasteiger partial charge in [0.15, 0.2) is 0 Å². The van der Waals surface area contributed by atoms with Crippen LogP contribution in [0.3, 0.4) is 0 Å². The molecule has 1 N–H and O–H groups in total. The Balaban J connectivity index is 3.78. The maximum atomic E-state index is 11.7. The fraction of sp³-hybridized carbons (Fsp3) is 0.882. The molecule has 0 aliphatic rings. The van der Waals surface area contributed by atoms with E-state index in [9.17, 15) is 14.7 Å². The zero-order chi connectivity index (χ0) is 17.5. The topological polar surface area (TPSA) is 76.1 Å². The molecule has 0 spiro atoms. The summed E-state index contributed by atoms with van der Waals surface area (Å²) in [7, 11) is 0. The van der Waals surface area contributed by atoms with Crippen LogP contribution in [-0.4, -0.2) is 60.9 Å². The largest absolute Gasteiger partial charge is 0.480 e. The molecular weight excluding hydrogens is 298 g/mol. The van der Waals surface area contributed by atoms with Gasteiger partial charge in [0.1, 0.15) is 12.6 Å². The monoisotopic (exact) mass is 331 g/mol. The number of esters is 1. The Bertz CT molecular complexity index is 318. The third kappa shape index (κ3) is 11.1. The van der Waals surface area contributed by atoms with Crippen LogP contribution in [0.25, 0.3) is 0 Å². The first-order valence-electron chi connectivity index (χ1n) is 8.76. The van der Waals surface area contributed by atoms with Crippen molar-refractivity contribution >= 4 is 11.9 Å². The maximum absolute atomic E-state index is 11.7. The minimum Gasteiger partial charge on any atom is -0.480 e. The van der Waals surface area contributed by atoms with E-state index >= 15 is 0 Å². The number of unbranched alkanes of at least 4 members (excludes halogenated alkanes) is 4. The Morgan fingerprint density at radius 2 is 1.61 bits per heavy atom. The number of carboxylic acids is 1. The predicted molar refractivity (Wildman–Crippen MR) is 89.5 cm³/mol. The molecule has 136 valence electrons.